The lowest BCUT2D eigenvalue weighted by atomic mass is 10.0. The fourth-order valence-electron chi connectivity index (χ4n) is 2.74. The van der Waals surface area contributed by atoms with Gasteiger partial charge in [-0.05, 0) is 49.5 Å². The van der Waals surface area contributed by atoms with Crippen LogP contribution in [0.5, 0.6) is 5.75 Å². The SMILES string of the molecule is C=CC(=O)NCCCCOc1ccc(CCCCCCCCC)cc1. The summed E-state index contributed by atoms with van der Waals surface area (Å²) in [5, 5.41) is 2.76. The van der Waals surface area contributed by atoms with Gasteiger partial charge in [0.05, 0.1) is 6.61 Å². The second-order valence-electron chi connectivity index (χ2n) is 6.57. The van der Waals surface area contributed by atoms with Crippen molar-refractivity contribution in [1.29, 1.82) is 0 Å². The van der Waals surface area contributed by atoms with E-state index in [1.54, 1.807) is 0 Å². The van der Waals surface area contributed by atoms with E-state index in [1.807, 2.05) is 0 Å². The monoisotopic (exact) mass is 345 g/mol. The highest BCUT2D eigenvalue weighted by molar-refractivity contribution is 5.86. The van der Waals surface area contributed by atoms with Crippen LogP contribution in [-0.4, -0.2) is 19.1 Å². The van der Waals surface area contributed by atoms with Gasteiger partial charge in [0.2, 0.25) is 5.91 Å². The zero-order valence-electron chi connectivity index (χ0n) is 15.9. The number of nitrogens with one attached hydrogen (secondary N) is 1. The molecule has 0 heterocycles. The molecule has 0 spiro atoms. The minimum absolute atomic E-state index is 0.113. The summed E-state index contributed by atoms with van der Waals surface area (Å²) in [6.45, 7) is 7.04. The predicted octanol–water partition coefficient (Wildman–Crippen LogP) is 5.44. The maximum absolute atomic E-state index is 11.0. The Morgan fingerprint density at radius 3 is 2.36 bits per heavy atom. The van der Waals surface area contributed by atoms with Gasteiger partial charge in [-0.3, -0.25) is 4.79 Å². The zero-order valence-corrected chi connectivity index (χ0v) is 15.9. The first-order valence-corrected chi connectivity index (χ1v) is 9.88. The molecular formula is C22H35NO2. The van der Waals surface area contributed by atoms with Crippen LogP contribution in [0.4, 0.5) is 0 Å². The molecule has 0 saturated heterocycles. The van der Waals surface area contributed by atoms with Gasteiger partial charge in [0.15, 0.2) is 0 Å². The first kappa shape index (κ1) is 21.3. The lowest BCUT2D eigenvalue weighted by Gasteiger charge is -2.08. The highest BCUT2D eigenvalue weighted by Crippen LogP contribution is 2.15. The Balaban J connectivity index is 2.05. The number of carbonyl (C=O) groups excluding carboxylic acids is 1. The first-order valence-electron chi connectivity index (χ1n) is 9.88. The predicted molar refractivity (Wildman–Crippen MR) is 106 cm³/mol. The van der Waals surface area contributed by atoms with Gasteiger partial charge in [0.1, 0.15) is 5.75 Å². The van der Waals surface area contributed by atoms with Crippen LogP contribution in [0.2, 0.25) is 0 Å². The van der Waals surface area contributed by atoms with Crippen molar-refractivity contribution < 1.29 is 9.53 Å². The van der Waals surface area contributed by atoms with Crippen LogP contribution in [0, 0.1) is 0 Å². The highest BCUT2D eigenvalue weighted by atomic mass is 16.5. The van der Waals surface area contributed by atoms with E-state index in [9.17, 15) is 4.79 Å². The van der Waals surface area contributed by atoms with E-state index in [-0.39, 0.29) is 5.91 Å². The molecule has 0 bridgehead atoms. The van der Waals surface area contributed by atoms with Crippen molar-refractivity contribution in [3.8, 4) is 5.75 Å². The van der Waals surface area contributed by atoms with E-state index in [4.69, 9.17) is 4.74 Å². The number of hydrogen-bond acceptors (Lipinski definition) is 2. The summed E-state index contributed by atoms with van der Waals surface area (Å²) in [7, 11) is 0. The molecule has 0 aliphatic carbocycles. The summed E-state index contributed by atoms with van der Waals surface area (Å²) >= 11 is 0. The Labute approximate surface area is 153 Å². The molecule has 0 saturated carbocycles. The van der Waals surface area contributed by atoms with Crippen LogP contribution >= 0.6 is 0 Å². The van der Waals surface area contributed by atoms with Crippen molar-refractivity contribution in [1.82, 2.24) is 5.32 Å². The molecule has 0 aliphatic heterocycles. The average molecular weight is 346 g/mol. The number of rotatable bonds is 15. The molecule has 3 nitrogen and oxygen atoms in total. The number of aryl methyl sites for hydroxylation is 1. The largest absolute Gasteiger partial charge is 0.494 e. The van der Waals surface area contributed by atoms with Crippen LogP contribution < -0.4 is 10.1 Å². The number of unbranched alkanes of at least 4 members (excludes halogenated alkanes) is 7. The van der Waals surface area contributed by atoms with E-state index in [2.05, 4.69) is 43.1 Å². The Hall–Kier alpha value is -1.77. The quantitative estimate of drug-likeness (QED) is 0.339. The first-order chi connectivity index (χ1) is 12.3. The number of amides is 1. The molecule has 0 radical (unpaired) electrons. The van der Waals surface area contributed by atoms with E-state index in [1.165, 1.54) is 56.6 Å². The van der Waals surface area contributed by atoms with Crippen LogP contribution in [-0.2, 0) is 11.2 Å². The van der Waals surface area contributed by atoms with Crippen LogP contribution in [0.15, 0.2) is 36.9 Å². The Morgan fingerprint density at radius 2 is 1.68 bits per heavy atom. The van der Waals surface area contributed by atoms with Crippen molar-refractivity contribution in [3.63, 3.8) is 0 Å². The maximum atomic E-state index is 11.0. The molecular weight excluding hydrogens is 310 g/mol. The minimum Gasteiger partial charge on any atom is -0.494 e. The standard InChI is InChI=1S/C22H35NO2/c1-3-5-6-7-8-9-10-13-20-14-16-21(17-15-20)25-19-12-11-18-23-22(24)4-2/h4,14-17H,2-3,5-13,18-19H2,1H3,(H,23,24). The van der Waals surface area contributed by atoms with Crippen LogP contribution in [0.3, 0.4) is 0 Å². The Morgan fingerprint density at radius 1 is 1.00 bits per heavy atom. The molecule has 3 heteroatoms. The van der Waals surface area contributed by atoms with Gasteiger partial charge in [-0.15, -0.1) is 0 Å². The maximum Gasteiger partial charge on any atom is 0.243 e. The normalized spacial score (nSPS) is 10.4. The average Bonchev–Trinajstić information content (AvgIpc) is 2.64. The lowest BCUT2D eigenvalue weighted by molar-refractivity contribution is -0.116. The molecule has 0 unspecified atom stereocenters. The summed E-state index contributed by atoms with van der Waals surface area (Å²) < 4.78 is 5.74. The second kappa shape index (κ2) is 14.6. The summed E-state index contributed by atoms with van der Waals surface area (Å²) in [6.07, 6.45) is 13.8. The molecule has 0 aliphatic rings. The summed E-state index contributed by atoms with van der Waals surface area (Å²) in [5.41, 5.74) is 1.40. The molecule has 1 rings (SSSR count). The van der Waals surface area contributed by atoms with Crippen molar-refractivity contribution in [2.24, 2.45) is 0 Å². The van der Waals surface area contributed by atoms with Crippen LogP contribution in [0.25, 0.3) is 0 Å². The van der Waals surface area contributed by atoms with Crippen molar-refractivity contribution in [2.45, 2.75) is 71.1 Å². The summed E-state index contributed by atoms with van der Waals surface area (Å²) in [4.78, 5) is 11.0. The van der Waals surface area contributed by atoms with Gasteiger partial charge in [-0.25, -0.2) is 0 Å². The Kier molecular flexibility index (Phi) is 12.4. The van der Waals surface area contributed by atoms with Gasteiger partial charge < -0.3 is 10.1 Å². The topological polar surface area (TPSA) is 38.3 Å². The van der Waals surface area contributed by atoms with Gasteiger partial charge in [-0.2, -0.15) is 0 Å². The van der Waals surface area contributed by atoms with Gasteiger partial charge in [0.25, 0.3) is 0 Å². The highest BCUT2D eigenvalue weighted by Gasteiger charge is 1.98. The molecule has 0 aromatic heterocycles. The third-order valence-corrected chi connectivity index (χ3v) is 4.32. The summed E-state index contributed by atoms with van der Waals surface area (Å²) in [5.74, 6) is 0.816. The fourth-order valence-corrected chi connectivity index (χ4v) is 2.74. The van der Waals surface area contributed by atoms with Gasteiger partial charge in [-0.1, -0.05) is 64.2 Å². The molecule has 140 valence electrons. The van der Waals surface area contributed by atoms with Crippen molar-refractivity contribution in [2.75, 3.05) is 13.2 Å². The van der Waals surface area contributed by atoms with Crippen molar-refractivity contribution >= 4 is 5.91 Å². The van der Waals surface area contributed by atoms with Crippen molar-refractivity contribution in [3.05, 3.63) is 42.5 Å². The third kappa shape index (κ3) is 11.4. The van der Waals surface area contributed by atoms with E-state index in [0.717, 1.165) is 25.0 Å². The molecule has 1 aromatic carbocycles. The number of hydrogen-bond donors (Lipinski definition) is 1. The zero-order chi connectivity index (χ0) is 18.2. The van der Waals surface area contributed by atoms with E-state index < -0.39 is 0 Å². The van der Waals surface area contributed by atoms with Gasteiger partial charge >= 0.3 is 0 Å². The van der Waals surface area contributed by atoms with Crippen LogP contribution in [0.1, 0.15) is 70.3 Å². The molecule has 1 N–H and O–H groups in total. The molecule has 1 amide bonds. The second-order valence-corrected chi connectivity index (χ2v) is 6.57. The van der Waals surface area contributed by atoms with Gasteiger partial charge in [0, 0.05) is 6.54 Å². The third-order valence-electron chi connectivity index (χ3n) is 4.32. The number of carbonyl (C=O) groups is 1. The lowest BCUT2D eigenvalue weighted by Crippen LogP contribution is -2.22. The molecule has 1 aromatic rings. The smallest absolute Gasteiger partial charge is 0.243 e. The van der Waals surface area contributed by atoms with E-state index in [0.29, 0.717) is 13.2 Å². The Bertz CT molecular complexity index is 467. The number of ether oxygens (including phenoxy) is 1. The van der Waals surface area contributed by atoms with E-state index >= 15 is 0 Å². The molecule has 0 fully saturated rings. The summed E-state index contributed by atoms with van der Waals surface area (Å²) in [6, 6.07) is 8.49. The molecule has 25 heavy (non-hydrogen) atoms. The molecule has 0 atom stereocenters. The minimum atomic E-state index is -0.113. The fraction of sp³-hybridized carbons (Fsp3) is 0.591. The number of benzene rings is 1.